The number of nitrogens with one attached hydrogen (secondary N) is 2. The number of aliphatic hydroxyl groups is 1. The van der Waals surface area contributed by atoms with Gasteiger partial charge in [0.2, 0.25) is 10.0 Å². The molecule has 0 radical (unpaired) electrons. The van der Waals surface area contributed by atoms with Crippen molar-refractivity contribution in [3.05, 3.63) is 29.3 Å². The summed E-state index contributed by atoms with van der Waals surface area (Å²) in [4.78, 5) is 16.5. The van der Waals surface area contributed by atoms with Crippen LogP contribution in [0.2, 0.25) is 5.02 Å². The van der Waals surface area contributed by atoms with Crippen molar-refractivity contribution in [2.75, 3.05) is 6.61 Å². The predicted molar refractivity (Wildman–Crippen MR) is 77.0 cm³/mol. The number of rotatable bonds is 7. The number of amides is 1. The summed E-state index contributed by atoms with van der Waals surface area (Å²) >= 11 is 5.68. The Bertz CT molecular complexity index is 574. The molecule has 1 amide bonds. The van der Waals surface area contributed by atoms with Crippen LogP contribution in [-0.4, -0.2) is 38.2 Å². The van der Waals surface area contributed by atoms with E-state index in [0.717, 1.165) is 0 Å². The van der Waals surface area contributed by atoms with Crippen molar-refractivity contribution in [3.8, 4) is 0 Å². The first-order chi connectivity index (χ1) is 9.76. The van der Waals surface area contributed by atoms with Crippen LogP contribution in [0.3, 0.4) is 0 Å². The number of carbonyl (C=O) groups excluding carboxylic acids is 1. The molecule has 118 valence electrons. The van der Waals surface area contributed by atoms with Crippen molar-refractivity contribution in [1.29, 1.82) is 0 Å². The van der Waals surface area contributed by atoms with Gasteiger partial charge in [-0.1, -0.05) is 11.6 Å². The van der Waals surface area contributed by atoms with Gasteiger partial charge in [-0.15, -0.1) is 0 Å². The summed E-state index contributed by atoms with van der Waals surface area (Å²) in [7, 11) is -3.96. The van der Waals surface area contributed by atoms with Gasteiger partial charge in [-0.25, -0.2) is 13.9 Å². The molecule has 1 aromatic carbocycles. The third-order valence-corrected chi connectivity index (χ3v) is 4.06. The molecule has 1 aromatic rings. The van der Waals surface area contributed by atoms with Crippen LogP contribution in [0.15, 0.2) is 29.2 Å². The second-order valence-electron chi connectivity index (χ2n) is 4.44. The lowest BCUT2D eigenvalue weighted by atomic mass is 10.3. The molecule has 0 saturated carbocycles. The van der Waals surface area contributed by atoms with Crippen molar-refractivity contribution in [2.45, 2.75) is 30.9 Å². The fourth-order valence-electron chi connectivity index (χ4n) is 1.29. The number of hydrogen-bond acceptors (Lipinski definition) is 5. The fourth-order valence-corrected chi connectivity index (χ4v) is 2.60. The van der Waals surface area contributed by atoms with E-state index in [4.69, 9.17) is 21.5 Å². The zero-order valence-corrected chi connectivity index (χ0v) is 13.1. The Morgan fingerprint density at radius 2 is 1.90 bits per heavy atom. The highest BCUT2D eigenvalue weighted by atomic mass is 35.5. The summed E-state index contributed by atoms with van der Waals surface area (Å²) in [6.45, 7) is 2.67. The number of hydrogen-bond donors (Lipinski definition) is 3. The molecule has 3 N–H and O–H groups in total. The number of benzene rings is 1. The minimum absolute atomic E-state index is 0.0667. The Kier molecular flexibility index (Phi) is 6.56. The first kappa shape index (κ1) is 17.9. The summed E-state index contributed by atoms with van der Waals surface area (Å²) in [6.07, 6.45) is -0.277. The van der Waals surface area contributed by atoms with Crippen LogP contribution < -0.4 is 10.2 Å². The third-order valence-electron chi connectivity index (χ3n) is 2.32. The van der Waals surface area contributed by atoms with Crippen LogP contribution in [0.25, 0.3) is 0 Å². The largest absolute Gasteiger partial charge is 0.394 e. The molecule has 0 aliphatic heterocycles. The molecule has 1 unspecified atom stereocenters. The average molecular weight is 337 g/mol. The molecule has 1 atom stereocenters. The molecule has 7 nitrogen and oxygen atoms in total. The molecule has 0 aromatic heterocycles. The van der Waals surface area contributed by atoms with Gasteiger partial charge in [0.25, 0.3) is 5.91 Å². The molecule has 0 saturated heterocycles. The summed E-state index contributed by atoms with van der Waals surface area (Å²) in [5, 5.41) is 9.54. The van der Waals surface area contributed by atoms with Gasteiger partial charge in [0.05, 0.1) is 17.6 Å². The first-order valence-electron chi connectivity index (χ1n) is 6.10. The first-order valence-corrected chi connectivity index (χ1v) is 7.96. The van der Waals surface area contributed by atoms with Crippen LogP contribution in [0.5, 0.6) is 0 Å². The van der Waals surface area contributed by atoms with Crippen molar-refractivity contribution in [3.63, 3.8) is 0 Å². The summed E-state index contributed by atoms with van der Waals surface area (Å²) < 4.78 is 26.2. The Morgan fingerprint density at radius 1 is 1.33 bits per heavy atom. The summed E-state index contributed by atoms with van der Waals surface area (Å²) in [6, 6.07) is 4.05. The van der Waals surface area contributed by atoms with E-state index in [0.29, 0.717) is 5.02 Å². The molecule has 21 heavy (non-hydrogen) atoms. The molecule has 1 rings (SSSR count). The maximum absolute atomic E-state index is 12.1. The zero-order chi connectivity index (χ0) is 16.0. The molecular formula is C12H17ClN2O5S. The SMILES string of the molecule is CC(C)ONC(=O)C(CO)NS(=O)(=O)c1ccc(Cl)cc1. The number of aliphatic hydroxyl groups excluding tert-OH is 1. The van der Waals surface area contributed by atoms with Crippen LogP contribution in [0.1, 0.15) is 13.8 Å². The van der Waals surface area contributed by atoms with E-state index in [1.807, 2.05) is 0 Å². The van der Waals surface area contributed by atoms with Gasteiger partial charge in [0.1, 0.15) is 6.04 Å². The summed E-state index contributed by atoms with van der Waals surface area (Å²) in [5.74, 6) is -0.788. The number of halogens is 1. The maximum atomic E-state index is 12.1. The highest BCUT2D eigenvalue weighted by Crippen LogP contribution is 2.14. The molecule has 0 heterocycles. The van der Waals surface area contributed by atoms with Crippen molar-refractivity contribution >= 4 is 27.5 Å². The van der Waals surface area contributed by atoms with Crippen LogP contribution >= 0.6 is 11.6 Å². The van der Waals surface area contributed by atoms with E-state index >= 15 is 0 Å². The van der Waals surface area contributed by atoms with Crippen LogP contribution in [0, 0.1) is 0 Å². The minimum Gasteiger partial charge on any atom is -0.394 e. The number of hydroxylamine groups is 1. The molecule has 0 spiro atoms. The highest BCUT2D eigenvalue weighted by Gasteiger charge is 2.25. The standard InChI is InChI=1S/C12H17ClN2O5S/c1-8(2)20-14-12(17)11(7-16)15-21(18,19)10-5-3-9(13)4-6-10/h3-6,8,11,15-16H,7H2,1-2H3,(H,14,17). The van der Waals surface area contributed by atoms with Crippen molar-refractivity contribution < 1.29 is 23.2 Å². The lowest BCUT2D eigenvalue weighted by molar-refractivity contribution is -0.139. The smallest absolute Gasteiger partial charge is 0.264 e. The molecule has 9 heteroatoms. The van der Waals surface area contributed by atoms with E-state index in [9.17, 15) is 13.2 Å². The van der Waals surface area contributed by atoms with Gasteiger partial charge in [0.15, 0.2) is 0 Å². The lowest BCUT2D eigenvalue weighted by Gasteiger charge is -2.17. The molecular weight excluding hydrogens is 320 g/mol. The van der Waals surface area contributed by atoms with Gasteiger partial charge < -0.3 is 5.11 Å². The predicted octanol–water partition coefficient (Wildman–Crippen LogP) is 0.435. The molecule has 0 aliphatic carbocycles. The maximum Gasteiger partial charge on any atom is 0.264 e. The Morgan fingerprint density at radius 3 is 2.38 bits per heavy atom. The topological polar surface area (TPSA) is 105 Å². The number of carbonyl (C=O) groups is 1. The Labute approximate surface area is 128 Å². The van der Waals surface area contributed by atoms with E-state index in [1.165, 1.54) is 24.3 Å². The van der Waals surface area contributed by atoms with E-state index in [1.54, 1.807) is 13.8 Å². The monoisotopic (exact) mass is 336 g/mol. The third kappa shape index (κ3) is 5.60. The molecule has 0 fully saturated rings. The lowest BCUT2D eigenvalue weighted by Crippen LogP contribution is -2.49. The van der Waals surface area contributed by atoms with Crippen molar-refractivity contribution in [1.82, 2.24) is 10.2 Å². The zero-order valence-electron chi connectivity index (χ0n) is 11.5. The van der Waals surface area contributed by atoms with Crippen LogP contribution in [0.4, 0.5) is 0 Å². The van der Waals surface area contributed by atoms with Crippen LogP contribution in [-0.2, 0) is 19.7 Å². The summed E-state index contributed by atoms with van der Waals surface area (Å²) in [5.41, 5.74) is 2.07. The second-order valence-corrected chi connectivity index (χ2v) is 6.59. The number of sulfonamides is 1. The van der Waals surface area contributed by atoms with E-state index < -0.39 is 28.6 Å². The van der Waals surface area contributed by atoms with Gasteiger partial charge in [-0.3, -0.25) is 9.63 Å². The fraction of sp³-hybridized carbons (Fsp3) is 0.417. The van der Waals surface area contributed by atoms with Gasteiger partial charge >= 0.3 is 0 Å². The quantitative estimate of drug-likeness (QED) is 0.626. The van der Waals surface area contributed by atoms with Crippen molar-refractivity contribution in [2.24, 2.45) is 0 Å². The van der Waals surface area contributed by atoms with E-state index in [2.05, 4.69) is 10.2 Å². The normalized spacial score (nSPS) is 13.2. The average Bonchev–Trinajstić information content (AvgIpc) is 2.42. The van der Waals surface area contributed by atoms with Gasteiger partial charge in [-0.2, -0.15) is 4.72 Å². The Hall–Kier alpha value is -1.19. The minimum atomic E-state index is -3.96. The second kappa shape index (κ2) is 7.71. The van der Waals surface area contributed by atoms with Gasteiger partial charge in [-0.05, 0) is 38.1 Å². The van der Waals surface area contributed by atoms with Gasteiger partial charge in [0, 0.05) is 5.02 Å². The Balaban J connectivity index is 2.79. The molecule has 0 aliphatic rings. The highest BCUT2D eigenvalue weighted by molar-refractivity contribution is 7.89. The molecule has 0 bridgehead atoms. The van der Waals surface area contributed by atoms with E-state index in [-0.39, 0.29) is 11.0 Å².